The molecular formula is C19H18N2O4. The first kappa shape index (κ1) is 16.7. The number of likely N-dealkylation sites (tertiary alicyclic amines) is 1. The number of amides is 2. The van der Waals surface area contributed by atoms with Crippen LogP contribution in [0.2, 0.25) is 0 Å². The SMILES string of the molecule is Cc1ccc(C(=O)O)cc1NC1CC(=O)N(Cc2ccccc2)C1=O. The Morgan fingerprint density at radius 3 is 2.60 bits per heavy atom. The molecule has 25 heavy (non-hydrogen) atoms. The standard InChI is InChI=1S/C19H18N2O4/c1-12-7-8-14(19(24)25)9-15(12)20-16-10-17(22)21(18(16)23)11-13-5-3-2-4-6-13/h2-9,16,20H,10-11H2,1H3,(H,24,25). The van der Waals surface area contributed by atoms with Crippen molar-refractivity contribution < 1.29 is 19.5 Å². The molecule has 1 unspecified atom stereocenters. The summed E-state index contributed by atoms with van der Waals surface area (Å²) in [6, 6.07) is 13.3. The smallest absolute Gasteiger partial charge is 0.335 e. The number of carbonyl (C=O) groups is 3. The summed E-state index contributed by atoms with van der Waals surface area (Å²) in [5, 5.41) is 12.1. The summed E-state index contributed by atoms with van der Waals surface area (Å²) in [7, 11) is 0. The second kappa shape index (κ2) is 6.76. The average molecular weight is 338 g/mol. The van der Waals surface area contributed by atoms with Gasteiger partial charge in [0, 0.05) is 5.69 Å². The molecule has 1 heterocycles. The van der Waals surface area contributed by atoms with E-state index in [-0.39, 0.29) is 30.3 Å². The molecule has 0 bridgehead atoms. The number of rotatable bonds is 5. The number of aromatic carboxylic acids is 1. The van der Waals surface area contributed by atoms with Gasteiger partial charge in [-0.25, -0.2) is 4.79 Å². The number of carboxylic acids is 1. The van der Waals surface area contributed by atoms with Gasteiger partial charge in [0.25, 0.3) is 5.91 Å². The van der Waals surface area contributed by atoms with E-state index in [1.807, 2.05) is 37.3 Å². The van der Waals surface area contributed by atoms with Gasteiger partial charge < -0.3 is 10.4 Å². The van der Waals surface area contributed by atoms with Gasteiger partial charge in [-0.3, -0.25) is 14.5 Å². The molecule has 1 aliphatic rings. The van der Waals surface area contributed by atoms with E-state index >= 15 is 0 Å². The highest BCUT2D eigenvalue weighted by Gasteiger charge is 2.38. The monoisotopic (exact) mass is 338 g/mol. The molecule has 6 heteroatoms. The molecule has 2 aromatic rings. The maximum absolute atomic E-state index is 12.6. The minimum absolute atomic E-state index is 0.0579. The first-order valence-corrected chi connectivity index (χ1v) is 7.94. The lowest BCUT2D eigenvalue weighted by molar-refractivity contribution is -0.139. The van der Waals surface area contributed by atoms with E-state index in [2.05, 4.69) is 5.32 Å². The van der Waals surface area contributed by atoms with E-state index in [1.165, 1.54) is 17.0 Å². The molecule has 1 saturated heterocycles. The van der Waals surface area contributed by atoms with E-state index in [9.17, 15) is 14.4 Å². The molecule has 2 aromatic carbocycles. The molecule has 0 aliphatic carbocycles. The maximum atomic E-state index is 12.6. The highest BCUT2D eigenvalue weighted by molar-refractivity contribution is 6.06. The van der Waals surface area contributed by atoms with Crippen molar-refractivity contribution in [3.63, 3.8) is 0 Å². The fourth-order valence-electron chi connectivity index (χ4n) is 2.83. The summed E-state index contributed by atoms with van der Waals surface area (Å²) in [5.41, 5.74) is 2.37. The van der Waals surface area contributed by atoms with E-state index in [0.29, 0.717) is 5.69 Å². The third-order valence-corrected chi connectivity index (χ3v) is 4.24. The molecule has 0 radical (unpaired) electrons. The Labute approximate surface area is 145 Å². The number of anilines is 1. The Bertz CT molecular complexity index is 833. The van der Waals surface area contributed by atoms with Gasteiger partial charge in [0.15, 0.2) is 0 Å². The topological polar surface area (TPSA) is 86.7 Å². The molecule has 0 spiro atoms. The Morgan fingerprint density at radius 1 is 1.20 bits per heavy atom. The molecule has 3 rings (SSSR count). The lowest BCUT2D eigenvalue weighted by Gasteiger charge is -2.17. The van der Waals surface area contributed by atoms with Crippen LogP contribution in [-0.2, 0) is 16.1 Å². The molecule has 128 valence electrons. The highest BCUT2D eigenvalue weighted by Crippen LogP contribution is 2.23. The van der Waals surface area contributed by atoms with Crippen molar-refractivity contribution in [1.82, 2.24) is 4.90 Å². The van der Waals surface area contributed by atoms with Crippen molar-refractivity contribution >= 4 is 23.5 Å². The molecule has 2 amide bonds. The van der Waals surface area contributed by atoms with Crippen LogP contribution in [-0.4, -0.2) is 33.8 Å². The number of benzene rings is 2. The second-order valence-corrected chi connectivity index (χ2v) is 6.04. The quantitative estimate of drug-likeness (QED) is 0.818. The lowest BCUT2D eigenvalue weighted by Crippen LogP contribution is -2.34. The van der Waals surface area contributed by atoms with Gasteiger partial charge in [0.1, 0.15) is 6.04 Å². The van der Waals surface area contributed by atoms with Crippen LogP contribution in [0.4, 0.5) is 5.69 Å². The number of aryl methyl sites for hydroxylation is 1. The van der Waals surface area contributed by atoms with Gasteiger partial charge in [0.2, 0.25) is 5.91 Å². The number of imide groups is 1. The molecular weight excluding hydrogens is 320 g/mol. The Hall–Kier alpha value is -3.15. The van der Waals surface area contributed by atoms with Crippen LogP contribution in [0.25, 0.3) is 0 Å². The third kappa shape index (κ3) is 3.52. The summed E-state index contributed by atoms with van der Waals surface area (Å²) in [6.07, 6.45) is 0.0579. The zero-order valence-corrected chi connectivity index (χ0v) is 13.7. The fourth-order valence-corrected chi connectivity index (χ4v) is 2.83. The number of hydrogen-bond donors (Lipinski definition) is 2. The number of nitrogens with zero attached hydrogens (tertiary/aromatic N) is 1. The van der Waals surface area contributed by atoms with E-state index in [0.717, 1.165) is 11.1 Å². The van der Waals surface area contributed by atoms with Gasteiger partial charge in [-0.05, 0) is 30.2 Å². The largest absolute Gasteiger partial charge is 0.478 e. The predicted molar refractivity (Wildman–Crippen MR) is 92.2 cm³/mol. The van der Waals surface area contributed by atoms with Crippen molar-refractivity contribution in [2.75, 3.05) is 5.32 Å². The van der Waals surface area contributed by atoms with E-state index < -0.39 is 12.0 Å². The highest BCUT2D eigenvalue weighted by atomic mass is 16.4. The molecule has 0 aromatic heterocycles. The average Bonchev–Trinajstić information content (AvgIpc) is 2.85. The van der Waals surface area contributed by atoms with Crippen molar-refractivity contribution in [3.8, 4) is 0 Å². The summed E-state index contributed by atoms with van der Waals surface area (Å²) >= 11 is 0. The summed E-state index contributed by atoms with van der Waals surface area (Å²) in [4.78, 5) is 37.2. The Kier molecular flexibility index (Phi) is 4.52. The van der Waals surface area contributed by atoms with Gasteiger partial charge in [-0.1, -0.05) is 36.4 Å². The zero-order chi connectivity index (χ0) is 18.0. The molecule has 1 aliphatic heterocycles. The molecule has 1 atom stereocenters. The molecule has 2 N–H and O–H groups in total. The number of hydrogen-bond acceptors (Lipinski definition) is 4. The fraction of sp³-hybridized carbons (Fsp3) is 0.211. The van der Waals surface area contributed by atoms with Crippen LogP contribution in [0, 0.1) is 6.92 Å². The summed E-state index contributed by atoms with van der Waals surface area (Å²) < 4.78 is 0. The first-order valence-electron chi connectivity index (χ1n) is 7.94. The Morgan fingerprint density at radius 2 is 1.92 bits per heavy atom. The second-order valence-electron chi connectivity index (χ2n) is 6.04. The van der Waals surface area contributed by atoms with Crippen LogP contribution in [0.15, 0.2) is 48.5 Å². The van der Waals surface area contributed by atoms with Gasteiger partial charge in [-0.15, -0.1) is 0 Å². The van der Waals surface area contributed by atoms with Crippen LogP contribution in [0.5, 0.6) is 0 Å². The summed E-state index contributed by atoms with van der Waals surface area (Å²) in [5.74, 6) is -1.57. The van der Waals surface area contributed by atoms with Crippen molar-refractivity contribution in [2.45, 2.75) is 25.9 Å². The van der Waals surface area contributed by atoms with Crippen LogP contribution in [0.1, 0.15) is 27.9 Å². The zero-order valence-electron chi connectivity index (χ0n) is 13.7. The van der Waals surface area contributed by atoms with Gasteiger partial charge in [0.05, 0.1) is 18.5 Å². The van der Waals surface area contributed by atoms with Crippen LogP contribution in [0.3, 0.4) is 0 Å². The number of carboxylic acid groups (broad SMARTS) is 1. The minimum atomic E-state index is -1.04. The summed E-state index contributed by atoms with van der Waals surface area (Å²) in [6.45, 7) is 2.06. The van der Waals surface area contributed by atoms with E-state index in [1.54, 1.807) is 6.07 Å². The minimum Gasteiger partial charge on any atom is -0.478 e. The lowest BCUT2D eigenvalue weighted by atomic mass is 10.1. The number of nitrogens with one attached hydrogen (secondary N) is 1. The van der Waals surface area contributed by atoms with Gasteiger partial charge >= 0.3 is 5.97 Å². The van der Waals surface area contributed by atoms with Crippen LogP contribution < -0.4 is 5.32 Å². The van der Waals surface area contributed by atoms with Crippen molar-refractivity contribution in [1.29, 1.82) is 0 Å². The molecule has 6 nitrogen and oxygen atoms in total. The normalized spacial score (nSPS) is 17.0. The molecule has 1 fully saturated rings. The Balaban J connectivity index is 1.76. The third-order valence-electron chi connectivity index (χ3n) is 4.24. The maximum Gasteiger partial charge on any atom is 0.335 e. The first-order chi connectivity index (χ1) is 12.0. The molecule has 0 saturated carbocycles. The van der Waals surface area contributed by atoms with Crippen molar-refractivity contribution in [2.24, 2.45) is 0 Å². The van der Waals surface area contributed by atoms with Crippen LogP contribution >= 0.6 is 0 Å². The van der Waals surface area contributed by atoms with E-state index in [4.69, 9.17) is 5.11 Å². The predicted octanol–water partition coefficient (Wildman–Crippen LogP) is 2.43. The van der Waals surface area contributed by atoms with Gasteiger partial charge in [-0.2, -0.15) is 0 Å². The van der Waals surface area contributed by atoms with Crippen molar-refractivity contribution in [3.05, 3.63) is 65.2 Å². The number of carbonyl (C=O) groups excluding carboxylic acids is 2.